The third-order valence-electron chi connectivity index (χ3n) is 2.53. The maximum absolute atomic E-state index is 8.85. The number of hydrogen-bond acceptors (Lipinski definition) is 2. The van der Waals surface area contributed by atoms with Gasteiger partial charge in [0.15, 0.2) is 0 Å². The molecule has 0 bridgehead atoms. The molecule has 0 fully saturated rings. The van der Waals surface area contributed by atoms with Crippen LogP contribution in [0.15, 0.2) is 18.2 Å². The lowest BCUT2D eigenvalue weighted by molar-refractivity contribution is 0.126. The van der Waals surface area contributed by atoms with Crippen LogP contribution in [-0.4, -0.2) is 5.21 Å². The summed E-state index contributed by atoms with van der Waals surface area (Å²) in [4.78, 5) is 0. The van der Waals surface area contributed by atoms with Gasteiger partial charge in [0, 0.05) is 0 Å². The van der Waals surface area contributed by atoms with Gasteiger partial charge in [-0.2, -0.15) is 5.48 Å². The molecule has 2 rings (SSSR count). The van der Waals surface area contributed by atoms with Gasteiger partial charge in [-0.3, -0.25) is 0 Å². The van der Waals surface area contributed by atoms with Crippen molar-refractivity contribution in [2.45, 2.75) is 25.8 Å². The molecule has 1 aromatic rings. The van der Waals surface area contributed by atoms with Gasteiger partial charge in [-0.25, -0.2) is 0 Å². The van der Waals surface area contributed by atoms with Gasteiger partial charge >= 0.3 is 0 Å². The molecule has 0 aromatic heterocycles. The number of hydroxylamine groups is 1. The van der Waals surface area contributed by atoms with Crippen LogP contribution in [0.2, 0.25) is 0 Å². The molecule has 0 heterocycles. The zero-order valence-electron chi connectivity index (χ0n) is 7.17. The van der Waals surface area contributed by atoms with Crippen molar-refractivity contribution < 1.29 is 5.21 Å². The van der Waals surface area contributed by atoms with E-state index in [4.69, 9.17) is 5.21 Å². The standard InChI is InChI=1S/C10H13NO/c1-7-2-3-8-4-5-10(11-12)9(8)6-7/h2-3,6,10-12H,4-5H2,1H3. The van der Waals surface area contributed by atoms with E-state index in [-0.39, 0.29) is 6.04 Å². The van der Waals surface area contributed by atoms with Crippen LogP contribution in [0.1, 0.15) is 29.2 Å². The minimum atomic E-state index is 0.153. The zero-order valence-corrected chi connectivity index (χ0v) is 7.17. The summed E-state index contributed by atoms with van der Waals surface area (Å²) in [5.74, 6) is 0. The smallest absolute Gasteiger partial charge is 0.0574 e. The number of fused-ring (bicyclic) bond motifs is 1. The van der Waals surface area contributed by atoms with Gasteiger partial charge in [-0.05, 0) is 30.9 Å². The maximum Gasteiger partial charge on any atom is 0.0574 e. The fourth-order valence-electron chi connectivity index (χ4n) is 1.86. The van der Waals surface area contributed by atoms with Crippen molar-refractivity contribution in [3.8, 4) is 0 Å². The second-order valence-electron chi connectivity index (χ2n) is 3.42. The highest BCUT2D eigenvalue weighted by atomic mass is 16.5. The third kappa shape index (κ3) is 1.13. The Morgan fingerprint density at radius 1 is 1.50 bits per heavy atom. The van der Waals surface area contributed by atoms with Gasteiger partial charge in [0.25, 0.3) is 0 Å². The lowest BCUT2D eigenvalue weighted by Gasteiger charge is -2.08. The van der Waals surface area contributed by atoms with E-state index < -0.39 is 0 Å². The molecule has 1 unspecified atom stereocenters. The van der Waals surface area contributed by atoms with E-state index in [9.17, 15) is 0 Å². The molecule has 0 radical (unpaired) electrons. The highest BCUT2D eigenvalue weighted by Gasteiger charge is 2.20. The van der Waals surface area contributed by atoms with Crippen LogP contribution in [-0.2, 0) is 6.42 Å². The largest absolute Gasteiger partial charge is 0.316 e. The van der Waals surface area contributed by atoms with Crippen molar-refractivity contribution >= 4 is 0 Å². The molecular formula is C10H13NO. The fourth-order valence-corrected chi connectivity index (χ4v) is 1.86. The average Bonchev–Trinajstić information content (AvgIpc) is 2.46. The van der Waals surface area contributed by atoms with E-state index in [0.717, 1.165) is 12.8 Å². The van der Waals surface area contributed by atoms with Crippen molar-refractivity contribution in [3.05, 3.63) is 34.9 Å². The van der Waals surface area contributed by atoms with Gasteiger partial charge in [0.2, 0.25) is 0 Å². The Morgan fingerprint density at radius 3 is 3.08 bits per heavy atom. The molecule has 64 valence electrons. The molecule has 2 nitrogen and oxygen atoms in total. The average molecular weight is 163 g/mol. The van der Waals surface area contributed by atoms with Crippen molar-refractivity contribution in [1.82, 2.24) is 5.48 Å². The second-order valence-corrected chi connectivity index (χ2v) is 3.42. The molecule has 2 N–H and O–H groups in total. The molecule has 0 aliphatic heterocycles. The van der Waals surface area contributed by atoms with E-state index in [2.05, 4.69) is 30.6 Å². The molecule has 2 heteroatoms. The maximum atomic E-state index is 8.85. The van der Waals surface area contributed by atoms with E-state index in [0.29, 0.717) is 0 Å². The zero-order chi connectivity index (χ0) is 8.55. The van der Waals surface area contributed by atoms with Crippen molar-refractivity contribution in [1.29, 1.82) is 0 Å². The SMILES string of the molecule is Cc1ccc2c(c1)C(NO)CC2. The van der Waals surface area contributed by atoms with Crippen LogP contribution < -0.4 is 5.48 Å². The first kappa shape index (κ1) is 7.77. The fraction of sp³-hybridized carbons (Fsp3) is 0.400. The number of hydrogen-bond donors (Lipinski definition) is 2. The van der Waals surface area contributed by atoms with Crippen LogP contribution in [0.3, 0.4) is 0 Å². The number of rotatable bonds is 1. The summed E-state index contributed by atoms with van der Waals surface area (Å²) in [6, 6.07) is 6.58. The van der Waals surface area contributed by atoms with E-state index in [1.807, 2.05) is 0 Å². The Morgan fingerprint density at radius 2 is 2.33 bits per heavy atom. The summed E-state index contributed by atoms with van der Waals surface area (Å²) in [5, 5.41) is 8.85. The minimum Gasteiger partial charge on any atom is -0.316 e. The molecule has 1 atom stereocenters. The summed E-state index contributed by atoms with van der Waals surface area (Å²) >= 11 is 0. The van der Waals surface area contributed by atoms with Crippen molar-refractivity contribution in [2.24, 2.45) is 0 Å². The lowest BCUT2D eigenvalue weighted by Crippen LogP contribution is -2.13. The first-order chi connectivity index (χ1) is 5.81. The molecule has 0 spiro atoms. The highest BCUT2D eigenvalue weighted by Crippen LogP contribution is 2.30. The van der Waals surface area contributed by atoms with Gasteiger partial charge in [0.05, 0.1) is 6.04 Å². The Balaban J connectivity index is 2.42. The van der Waals surface area contributed by atoms with Crippen LogP contribution in [0.25, 0.3) is 0 Å². The van der Waals surface area contributed by atoms with E-state index >= 15 is 0 Å². The molecular weight excluding hydrogens is 150 g/mol. The summed E-state index contributed by atoms with van der Waals surface area (Å²) < 4.78 is 0. The Bertz CT molecular complexity index is 296. The van der Waals surface area contributed by atoms with Crippen LogP contribution in [0.5, 0.6) is 0 Å². The summed E-state index contributed by atoms with van der Waals surface area (Å²) in [5.41, 5.74) is 6.24. The molecule has 1 aliphatic carbocycles. The summed E-state index contributed by atoms with van der Waals surface area (Å²) in [7, 11) is 0. The Kier molecular flexibility index (Phi) is 1.87. The lowest BCUT2D eigenvalue weighted by atomic mass is 10.1. The molecule has 0 saturated heterocycles. The van der Waals surface area contributed by atoms with Gasteiger partial charge in [-0.1, -0.05) is 23.8 Å². The van der Waals surface area contributed by atoms with Crippen LogP contribution in [0, 0.1) is 6.92 Å². The molecule has 12 heavy (non-hydrogen) atoms. The first-order valence-corrected chi connectivity index (χ1v) is 4.30. The highest BCUT2D eigenvalue weighted by molar-refractivity contribution is 5.37. The number of benzene rings is 1. The monoisotopic (exact) mass is 163 g/mol. The molecule has 1 aromatic carbocycles. The van der Waals surface area contributed by atoms with E-state index in [1.165, 1.54) is 16.7 Å². The van der Waals surface area contributed by atoms with Gasteiger partial charge < -0.3 is 5.21 Å². The number of aryl methyl sites for hydroxylation is 2. The number of nitrogens with one attached hydrogen (secondary N) is 1. The van der Waals surface area contributed by atoms with Crippen molar-refractivity contribution in [3.63, 3.8) is 0 Å². The third-order valence-corrected chi connectivity index (χ3v) is 2.53. The molecule has 1 aliphatic rings. The Hall–Kier alpha value is -0.860. The van der Waals surface area contributed by atoms with Crippen LogP contribution >= 0.6 is 0 Å². The molecule has 0 saturated carbocycles. The normalized spacial score (nSPS) is 21.0. The van der Waals surface area contributed by atoms with E-state index in [1.54, 1.807) is 0 Å². The molecule has 0 amide bonds. The summed E-state index contributed by atoms with van der Waals surface area (Å²) in [6.45, 7) is 2.08. The van der Waals surface area contributed by atoms with Gasteiger partial charge in [-0.15, -0.1) is 0 Å². The summed E-state index contributed by atoms with van der Waals surface area (Å²) in [6.07, 6.45) is 2.09. The predicted molar refractivity (Wildman–Crippen MR) is 47.2 cm³/mol. The topological polar surface area (TPSA) is 32.3 Å². The Labute approximate surface area is 72.2 Å². The van der Waals surface area contributed by atoms with Crippen molar-refractivity contribution in [2.75, 3.05) is 0 Å². The second kappa shape index (κ2) is 2.88. The van der Waals surface area contributed by atoms with Crippen LogP contribution in [0.4, 0.5) is 0 Å². The predicted octanol–water partition coefficient (Wildman–Crippen LogP) is 1.96. The first-order valence-electron chi connectivity index (χ1n) is 4.30. The quantitative estimate of drug-likeness (QED) is 0.620. The van der Waals surface area contributed by atoms with Gasteiger partial charge in [0.1, 0.15) is 0 Å². The minimum absolute atomic E-state index is 0.153.